The molecule has 134 valence electrons. The minimum absolute atomic E-state index is 0.0655. The number of halogens is 1. The summed E-state index contributed by atoms with van der Waals surface area (Å²) >= 11 is 5.94. The van der Waals surface area contributed by atoms with Crippen LogP contribution in [0.5, 0.6) is 17.4 Å². The van der Waals surface area contributed by atoms with Crippen LogP contribution in [0.4, 0.5) is 5.69 Å². The lowest BCUT2D eigenvalue weighted by Gasteiger charge is -2.10. The van der Waals surface area contributed by atoms with Gasteiger partial charge in [0.2, 0.25) is 11.6 Å². The van der Waals surface area contributed by atoms with Crippen molar-refractivity contribution in [3.63, 3.8) is 0 Å². The minimum Gasteiger partial charge on any atom is -0.473 e. The average Bonchev–Trinajstić information content (AvgIpc) is 2.66. The molecule has 0 aliphatic heterocycles. The van der Waals surface area contributed by atoms with Crippen molar-refractivity contribution in [2.45, 2.75) is 6.61 Å². The fourth-order valence-corrected chi connectivity index (χ4v) is 2.48. The van der Waals surface area contributed by atoms with E-state index in [4.69, 9.17) is 26.3 Å². The van der Waals surface area contributed by atoms with E-state index < -0.39 is 4.92 Å². The molecule has 0 unspecified atom stereocenters. The summed E-state index contributed by atoms with van der Waals surface area (Å²) in [4.78, 5) is 14.6. The van der Waals surface area contributed by atoms with Crippen LogP contribution in [0.1, 0.15) is 11.1 Å². The van der Waals surface area contributed by atoms with Gasteiger partial charge < -0.3 is 9.47 Å². The van der Waals surface area contributed by atoms with E-state index in [1.165, 1.54) is 24.3 Å². The van der Waals surface area contributed by atoms with Crippen molar-refractivity contribution < 1.29 is 14.4 Å². The smallest absolute Gasteiger partial charge is 0.329 e. The standard InChI is InChI=1S/C19H12ClN3O4/c20-15-6-14(10-21)7-16(8-15)27-18-9-19(22-11-17(18)23(24)25)26-12-13-4-2-1-3-5-13/h1-9,11H,12H2. The molecule has 0 aliphatic rings. The molecule has 0 radical (unpaired) electrons. The predicted molar refractivity (Wildman–Crippen MR) is 97.9 cm³/mol. The van der Waals surface area contributed by atoms with Crippen LogP contribution in [0.3, 0.4) is 0 Å². The highest BCUT2D eigenvalue weighted by Crippen LogP contribution is 2.34. The maximum absolute atomic E-state index is 11.3. The number of nitro groups is 1. The number of nitrogens with zero attached hydrogens (tertiary/aromatic N) is 3. The molecule has 0 N–H and O–H groups in total. The van der Waals surface area contributed by atoms with Crippen molar-refractivity contribution in [2.75, 3.05) is 0 Å². The van der Waals surface area contributed by atoms with Gasteiger partial charge in [-0.15, -0.1) is 0 Å². The van der Waals surface area contributed by atoms with Gasteiger partial charge in [-0.3, -0.25) is 10.1 Å². The SMILES string of the molecule is N#Cc1cc(Cl)cc(Oc2cc(OCc3ccccc3)ncc2[N+](=O)[O-])c1. The van der Waals surface area contributed by atoms with Gasteiger partial charge in [-0.25, -0.2) is 4.98 Å². The van der Waals surface area contributed by atoms with Crippen molar-refractivity contribution in [1.82, 2.24) is 4.98 Å². The molecule has 0 saturated carbocycles. The van der Waals surface area contributed by atoms with Crippen LogP contribution in [-0.2, 0) is 6.61 Å². The van der Waals surface area contributed by atoms with E-state index in [0.717, 1.165) is 11.8 Å². The fourth-order valence-electron chi connectivity index (χ4n) is 2.25. The van der Waals surface area contributed by atoms with Crippen LogP contribution in [0.15, 0.2) is 60.8 Å². The van der Waals surface area contributed by atoms with Crippen LogP contribution < -0.4 is 9.47 Å². The third-order valence-corrected chi connectivity index (χ3v) is 3.69. The summed E-state index contributed by atoms with van der Waals surface area (Å²) in [7, 11) is 0. The number of benzene rings is 2. The summed E-state index contributed by atoms with van der Waals surface area (Å²) in [5.41, 5.74) is 0.865. The van der Waals surface area contributed by atoms with Gasteiger partial charge in [0.25, 0.3) is 0 Å². The van der Waals surface area contributed by atoms with Gasteiger partial charge in [-0.05, 0) is 23.8 Å². The quantitative estimate of drug-likeness (QED) is 0.445. The van der Waals surface area contributed by atoms with Crippen molar-refractivity contribution in [2.24, 2.45) is 0 Å². The highest BCUT2D eigenvalue weighted by Gasteiger charge is 2.19. The molecule has 7 nitrogen and oxygen atoms in total. The molecule has 0 spiro atoms. The zero-order valence-corrected chi connectivity index (χ0v) is 14.6. The van der Waals surface area contributed by atoms with Gasteiger partial charge in [0.15, 0.2) is 0 Å². The lowest BCUT2D eigenvalue weighted by Crippen LogP contribution is -2.00. The molecule has 0 bridgehead atoms. The fraction of sp³-hybridized carbons (Fsp3) is 0.0526. The summed E-state index contributed by atoms with van der Waals surface area (Å²) in [5, 5.41) is 20.6. The van der Waals surface area contributed by atoms with Crippen molar-refractivity contribution in [3.05, 3.63) is 87.1 Å². The Bertz CT molecular complexity index is 1020. The highest BCUT2D eigenvalue weighted by molar-refractivity contribution is 6.30. The number of pyridine rings is 1. The Labute approximate surface area is 159 Å². The first-order chi connectivity index (χ1) is 13.0. The van der Waals surface area contributed by atoms with E-state index in [-0.39, 0.29) is 40.3 Å². The van der Waals surface area contributed by atoms with E-state index in [9.17, 15) is 10.1 Å². The molecule has 0 aliphatic carbocycles. The van der Waals surface area contributed by atoms with Crippen molar-refractivity contribution in [3.8, 4) is 23.4 Å². The summed E-state index contributed by atoms with van der Waals surface area (Å²) in [6, 6.07) is 17.0. The predicted octanol–water partition coefficient (Wildman–Crippen LogP) is 4.89. The first kappa shape index (κ1) is 18.2. The van der Waals surface area contributed by atoms with Crippen LogP contribution in [0.2, 0.25) is 5.02 Å². The molecule has 1 heterocycles. The Hall–Kier alpha value is -3.63. The minimum atomic E-state index is -0.612. The lowest BCUT2D eigenvalue weighted by molar-refractivity contribution is -0.386. The van der Waals surface area contributed by atoms with E-state index in [1.54, 1.807) is 0 Å². The Morgan fingerprint density at radius 3 is 2.67 bits per heavy atom. The van der Waals surface area contributed by atoms with E-state index in [1.807, 2.05) is 36.4 Å². The van der Waals surface area contributed by atoms with E-state index in [2.05, 4.69) is 4.98 Å². The number of ether oxygens (including phenoxy) is 2. The first-order valence-corrected chi connectivity index (χ1v) is 8.12. The van der Waals surface area contributed by atoms with Gasteiger partial charge in [-0.2, -0.15) is 5.26 Å². The molecule has 3 rings (SSSR count). The third kappa shape index (κ3) is 4.71. The van der Waals surface area contributed by atoms with E-state index >= 15 is 0 Å². The number of rotatable bonds is 6. The maximum atomic E-state index is 11.3. The Morgan fingerprint density at radius 2 is 1.96 bits per heavy atom. The molecule has 1 aromatic heterocycles. The number of nitriles is 1. The van der Waals surface area contributed by atoms with Crippen LogP contribution >= 0.6 is 11.6 Å². The number of hydrogen-bond donors (Lipinski definition) is 0. The normalized spacial score (nSPS) is 10.1. The molecule has 8 heteroatoms. The second kappa shape index (κ2) is 8.17. The van der Waals surface area contributed by atoms with Gasteiger partial charge in [0, 0.05) is 5.02 Å². The monoisotopic (exact) mass is 381 g/mol. The summed E-state index contributed by atoms with van der Waals surface area (Å²) in [6.07, 6.45) is 1.06. The van der Waals surface area contributed by atoms with Gasteiger partial charge in [-0.1, -0.05) is 41.9 Å². The third-order valence-electron chi connectivity index (χ3n) is 3.48. The number of hydrogen-bond acceptors (Lipinski definition) is 6. The van der Waals surface area contributed by atoms with Crippen molar-refractivity contribution >= 4 is 17.3 Å². The Kier molecular flexibility index (Phi) is 5.50. The molecule has 0 amide bonds. The zero-order valence-electron chi connectivity index (χ0n) is 13.8. The summed E-state index contributed by atoms with van der Waals surface area (Å²) in [6.45, 7) is 0.251. The molecular formula is C19H12ClN3O4. The van der Waals surface area contributed by atoms with E-state index in [0.29, 0.717) is 0 Å². The average molecular weight is 382 g/mol. The van der Waals surface area contributed by atoms with Crippen LogP contribution in [-0.4, -0.2) is 9.91 Å². The topological polar surface area (TPSA) is 98.3 Å². The lowest BCUT2D eigenvalue weighted by atomic mass is 10.2. The molecule has 0 saturated heterocycles. The molecular weight excluding hydrogens is 370 g/mol. The second-order valence-electron chi connectivity index (χ2n) is 5.41. The molecule has 27 heavy (non-hydrogen) atoms. The van der Waals surface area contributed by atoms with Crippen molar-refractivity contribution in [1.29, 1.82) is 5.26 Å². The molecule has 3 aromatic rings. The largest absolute Gasteiger partial charge is 0.473 e. The van der Waals surface area contributed by atoms with Crippen LogP contribution in [0.25, 0.3) is 0 Å². The number of aromatic nitrogens is 1. The molecule has 0 fully saturated rings. The highest BCUT2D eigenvalue weighted by atomic mass is 35.5. The molecule has 0 atom stereocenters. The first-order valence-electron chi connectivity index (χ1n) is 7.75. The summed E-state index contributed by atoms with van der Waals surface area (Å²) in [5.74, 6) is 0.300. The maximum Gasteiger partial charge on any atom is 0.329 e. The van der Waals surface area contributed by atoms with Gasteiger partial charge >= 0.3 is 5.69 Å². The van der Waals surface area contributed by atoms with Gasteiger partial charge in [0.05, 0.1) is 22.6 Å². The zero-order chi connectivity index (χ0) is 19.2. The Morgan fingerprint density at radius 1 is 1.19 bits per heavy atom. The van der Waals surface area contributed by atoms with Crippen LogP contribution in [0, 0.1) is 21.4 Å². The summed E-state index contributed by atoms with van der Waals surface area (Å²) < 4.78 is 11.2. The van der Waals surface area contributed by atoms with Gasteiger partial charge in [0.1, 0.15) is 18.6 Å². The second-order valence-corrected chi connectivity index (χ2v) is 5.85. The molecule has 2 aromatic carbocycles. The Balaban J connectivity index is 1.87.